The molecule has 0 atom stereocenters. The number of imidazole rings is 1. The second kappa shape index (κ2) is 10.9. The minimum Gasteiger partial charge on any atom is -1.00 e. The summed E-state index contributed by atoms with van der Waals surface area (Å²) in [5.41, 5.74) is 6.26. The molecule has 0 unspecified atom stereocenters. The van der Waals surface area contributed by atoms with Crippen molar-refractivity contribution in [2.45, 2.75) is 20.4 Å². The Hall–Kier alpha value is -3.75. The van der Waals surface area contributed by atoms with Gasteiger partial charge in [0.15, 0.2) is 5.69 Å². The van der Waals surface area contributed by atoms with Crippen LogP contribution in [0.5, 0.6) is 0 Å². The summed E-state index contributed by atoms with van der Waals surface area (Å²) < 4.78 is 5.94. The molecule has 5 rings (SSSR count). The fraction of sp³-hybridized carbons (Fsp3) is 0.259. The Kier molecular flexibility index (Phi) is 7.67. The van der Waals surface area contributed by atoms with E-state index in [0.29, 0.717) is 5.69 Å². The van der Waals surface area contributed by atoms with Crippen molar-refractivity contribution < 1.29 is 16.8 Å². The predicted molar refractivity (Wildman–Crippen MR) is 138 cm³/mol. The van der Waals surface area contributed by atoms with Crippen LogP contribution in [0.15, 0.2) is 79.5 Å². The molecule has 0 aliphatic heterocycles. The highest BCUT2D eigenvalue weighted by atomic mass is 35.5. The summed E-state index contributed by atoms with van der Waals surface area (Å²) in [6.07, 6.45) is 7.86. The molecule has 9 heteroatoms. The van der Waals surface area contributed by atoms with Crippen LogP contribution < -0.4 is 21.7 Å². The number of fused-ring (bicyclic) bond motifs is 1. The van der Waals surface area contributed by atoms with Crippen molar-refractivity contribution in [3.8, 4) is 22.9 Å². The van der Waals surface area contributed by atoms with Crippen molar-refractivity contribution in [3.63, 3.8) is 0 Å². The van der Waals surface area contributed by atoms with Crippen LogP contribution in [0, 0.1) is 0 Å². The second-order valence-electron chi connectivity index (χ2n) is 8.80. The zero-order valence-corrected chi connectivity index (χ0v) is 21.8. The molecule has 0 radical (unpaired) electrons. The normalized spacial score (nSPS) is 11.1. The summed E-state index contributed by atoms with van der Waals surface area (Å²) >= 11 is 0. The summed E-state index contributed by atoms with van der Waals surface area (Å²) in [6, 6.07) is 18.9. The number of hydrogen-bond donors (Lipinski definition) is 0. The SMILES string of the molecule is CCN(CC)Cc1ccc(-n2cc(-c3nccc4cn(-c5ccc(N(C)C)cc5)c[n+]34)nn2)cc1.[Cl-]. The van der Waals surface area contributed by atoms with E-state index in [4.69, 9.17) is 0 Å². The second-order valence-corrected chi connectivity index (χ2v) is 8.80. The molecule has 0 saturated heterocycles. The summed E-state index contributed by atoms with van der Waals surface area (Å²) in [5, 5.41) is 8.81. The minimum atomic E-state index is 0. The van der Waals surface area contributed by atoms with E-state index in [9.17, 15) is 0 Å². The molecule has 3 heterocycles. The molecule has 0 saturated carbocycles. The maximum atomic E-state index is 4.62. The quantitative estimate of drug-likeness (QED) is 0.293. The third-order valence-corrected chi connectivity index (χ3v) is 6.35. The number of anilines is 1. The summed E-state index contributed by atoms with van der Waals surface area (Å²) in [7, 11) is 4.08. The average Bonchev–Trinajstić information content (AvgIpc) is 3.55. The van der Waals surface area contributed by atoms with Gasteiger partial charge in [-0.2, -0.15) is 4.40 Å². The van der Waals surface area contributed by atoms with Gasteiger partial charge in [0, 0.05) is 32.4 Å². The Bertz CT molecular complexity index is 1420. The van der Waals surface area contributed by atoms with Gasteiger partial charge in [0.2, 0.25) is 6.33 Å². The molecule has 36 heavy (non-hydrogen) atoms. The maximum absolute atomic E-state index is 4.62. The minimum absolute atomic E-state index is 0. The van der Waals surface area contributed by atoms with Gasteiger partial charge in [-0.15, -0.1) is 10.1 Å². The lowest BCUT2D eigenvalue weighted by atomic mass is 10.2. The number of hydrogen-bond acceptors (Lipinski definition) is 5. The average molecular weight is 503 g/mol. The van der Waals surface area contributed by atoms with Gasteiger partial charge in [-0.05, 0) is 55.1 Å². The van der Waals surface area contributed by atoms with Crippen molar-refractivity contribution in [1.82, 2.24) is 29.4 Å². The van der Waals surface area contributed by atoms with Crippen molar-refractivity contribution in [2.24, 2.45) is 0 Å². The molecule has 0 N–H and O–H groups in total. The monoisotopic (exact) mass is 502 g/mol. The zero-order valence-electron chi connectivity index (χ0n) is 21.1. The molecule has 3 aromatic heterocycles. The van der Waals surface area contributed by atoms with Gasteiger partial charge in [0.1, 0.15) is 23.6 Å². The van der Waals surface area contributed by atoms with Crippen LogP contribution >= 0.6 is 0 Å². The van der Waals surface area contributed by atoms with E-state index in [1.54, 1.807) is 4.68 Å². The molecule has 186 valence electrons. The fourth-order valence-electron chi connectivity index (χ4n) is 4.18. The van der Waals surface area contributed by atoms with Crippen LogP contribution in [0.3, 0.4) is 0 Å². The first-order valence-corrected chi connectivity index (χ1v) is 12.0. The summed E-state index contributed by atoms with van der Waals surface area (Å²) in [5.74, 6) is 0.746. The molecule has 5 aromatic rings. The Morgan fingerprint density at radius 3 is 2.22 bits per heavy atom. The number of aromatic nitrogens is 6. The van der Waals surface area contributed by atoms with Crippen molar-refractivity contribution in [1.29, 1.82) is 0 Å². The topological polar surface area (TPSA) is 59.1 Å². The van der Waals surface area contributed by atoms with E-state index in [2.05, 4.69) is 98.2 Å². The van der Waals surface area contributed by atoms with Gasteiger partial charge in [-0.1, -0.05) is 31.2 Å². The van der Waals surface area contributed by atoms with Gasteiger partial charge >= 0.3 is 0 Å². The zero-order chi connectivity index (χ0) is 24.4. The highest BCUT2D eigenvalue weighted by Crippen LogP contribution is 2.18. The maximum Gasteiger partial charge on any atom is 0.296 e. The molecule has 0 spiro atoms. The van der Waals surface area contributed by atoms with E-state index in [1.807, 2.05) is 43.3 Å². The van der Waals surface area contributed by atoms with E-state index in [-0.39, 0.29) is 12.4 Å². The van der Waals surface area contributed by atoms with E-state index >= 15 is 0 Å². The summed E-state index contributed by atoms with van der Waals surface area (Å²) in [4.78, 5) is 9.11. The molecule has 2 aromatic carbocycles. The fourth-order valence-corrected chi connectivity index (χ4v) is 4.18. The van der Waals surface area contributed by atoms with E-state index in [0.717, 1.165) is 48.0 Å². The Morgan fingerprint density at radius 1 is 0.861 bits per heavy atom. The van der Waals surface area contributed by atoms with Crippen molar-refractivity contribution in [2.75, 3.05) is 32.1 Å². The van der Waals surface area contributed by atoms with Gasteiger partial charge in [0.25, 0.3) is 5.82 Å². The Morgan fingerprint density at radius 2 is 1.56 bits per heavy atom. The van der Waals surface area contributed by atoms with Gasteiger partial charge in [-0.3, -0.25) is 4.90 Å². The standard InChI is InChI=1S/C27H31N8.ClH/c1-5-32(6-2)17-21-7-9-24(10-8-21)35-19-26(29-30-35)27-28-16-15-25-18-33(20-34(25)27)23-13-11-22(12-14-23)31(3)4;/h7-16,18-20H,5-6,17H2,1-4H3;1H/q+1;/p-1. The molecular formula is C27H31ClN8. The molecule has 0 aliphatic carbocycles. The van der Waals surface area contributed by atoms with E-state index in [1.165, 1.54) is 5.56 Å². The smallest absolute Gasteiger partial charge is 0.296 e. The highest BCUT2D eigenvalue weighted by molar-refractivity contribution is 5.52. The molecular weight excluding hydrogens is 472 g/mol. The van der Waals surface area contributed by atoms with Gasteiger partial charge < -0.3 is 17.3 Å². The molecule has 0 fully saturated rings. The highest BCUT2D eigenvalue weighted by Gasteiger charge is 2.18. The van der Waals surface area contributed by atoms with Crippen molar-refractivity contribution >= 4 is 11.2 Å². The lowest BCUT2D eigenvalue weighted by Gasteiger charge is -2.17. The Balaban J connectivity index is 0.00000304. The molecule has 8 nitrogen and oxygen atoms in total. The summed E-state index contributed by atoms with van der Waals surface area (Å²) in [6.45, 7) is 7.42. The van der Waals surface area contributed by atoms with Gasteiger partial charge in [0.05, 0.1) is 11.9 Å². The predicted octanol–water partition coefficient (Wildman–Crippen LogP) is 0.771. The number of nitrogens with zero attached hydrogens (tertiary/aromatic N) is 8. The number of benzene rings is 2. The first kappa shape index (κ1) is 25.3. The van der Waals surface area contributed by atoms with Crippen LogP contribution in [0.4, 0.5) is 5.69 Å². The molecule has 0 amide bonds. The molecule has 0 bridgehead atoms. The van der Waals surface area contributed by atoms with Crippen LogP contribution in [-0.4, -0.2) is 56.6 Å². The number of rotatable bonds is 8. The van der Waals surface area contributed by atoms with Crippen LogP contribution in [0.2, 0.25) is 0 Å². The van der Waals surface area contributed by atoms with Crippen LogP contribution in [-0.2, 0) is 6.54 Å². The first-order chi connectivity index (χ1) is 17.1. The number of halogens is 1. The van der Waals surface area contributed by atoms with Crippen molar-refractivity contribution in [3.05, 3.63) is 85.1 Å². The first-order valence-electron chi connectivity index (χ1n) is 12.0. The lowest BCUT2D eigenvalue weighted by Crippen LogP contribution is -3.00. The van der Waals surface area contributed by atoms with E-state index < -0.39 is 0 Å². The largest absolute Gasteiger partial charge is 1.00 e. The van der Waals surface area contributed by atoms with Crippen LogP contribution in [0.25, 0.3) is 28.4 Å². The third-order valence-electron chi connectivity index (χ3n) is 6.35. The van der Waals surface area contributed by atoms with Crippen LogP contribution in [0.1, 0.15) is 19.4 Å². The third kappa shape index (κ3) is 5.10. The molecule has 0 aliphatic rings. The lowest BCUT2D eigenvalue weighted by molar-refractivity contribution is -0.503. The van der Waals surface area contributed by atoms with Gasteiger partial charge in [-0.25, -0.2) is 9.25 Å². The Labute approximate surface area is 217 Å².